The lowest BCUT2D eigenvalue weighted by Gasteiger charge is -2.24. The molecule has 28 heavy (non-hydrogen) atoms. The van der Waals surface area contributed by atoms with Gasteiger partial charge in [-0.2, -0.15) is 0 Å². The van der Waals surface area contributed by atoms with E-state index in [-0.39, 0.29) is 46.4 Å². The first-order valence-electron chi connectivity index (χ1n) is 9.06. The molecule has 3 rings (SSSR count). The summed E-state index contributed by atoms with van der Waals surface area (Å²) in [6.07, 6.45) is 3.31. The average molecular weight is 405 g/mol. The van der Waals surface area contributed by atoms with E-state index in [2.05, 4.69) is 10.3 Å². The minimum atomic E-state index is -0.662. The number of primary amides is 1. The van der Waals surface area contributed by atoms with Crippen molar-refractivity contribution in [2.45, 2.75) is 38.3 Å². The van der Waals surface area contributed by atoms with E-state index in [1.165, 1.54) is 24.4 Å². The number of benzene rings is 1. The molecule has 1 aliphatic rings. The fourth-order valence-corrected chi connectivity index (χ4v) is 3.51. The lowest BCUT2D eigenvalue weighted by Crippen LogP contribution is -2.35. The average Bonchev–Trinajstić information content (AvgIpc) is 3.45. The maximum Gasteiger partial charge on any atom is 0.218 e. The van der Waals surface area contributed by atoms with Crippen molar-refractivity contribution in [1.82, 2.24) is 10.3 Å². The number of carbonyl (C=O) groups excluding carboxylic acids is 2. The molecule has 0 saturated heterocycles. The molecule has 0 radical (unpaired) electrons. The molecule has 5 N–H and O–H groups in total. The fraction of sp³-hybridized carbons (Fsp3) is 0.350. The van der Waals surface area contributed by atoms with Gasteiger partial charge in [-0.15, -0.1) is 0 Å². The van der Waals surface area contributed by atoms with Gasteiger partial charge in [0.05, 0.1) is 10.6 Å². The first-order valence-corrected chi connectivity index (χ1v) is 9.44. The van der Waals surface area contributed by atoms with Crippen molar-refractivity contribution in [3.8, 4) is 0 Å². The molecule has 8 heteroatoms. The molecule has 2 atom stereocenters. The second-order valence-electron chi connectivity index (χ2n) is 7.18. The summed E-state index contributed by atoms with van der Waals surface area (Å²) in [7, 11) is 0. The molecule has 0 aliphatic heterocycles. The van der Waals surface area contributed by atoms with Crippen LogP contribution in [0.4, 0.5) is 10.2 Å². The van der Waals surface area contributed by atoms with Crippen LogP contribution in [-0.2, 0) is 4.79 Å². The van der Waals surface area contributed by atoms with Crippen molar-refractivity contribution in [1.29, 1.82) is 0 Å². The van der Waals surface area contributed by atoms with Crippen molar-refractivity contribution in [3.05, 3.63) is 58.0 Å². The molecule has 0 spiro atoms. The summed E-state index contributed by atoms with van der Waals surface area (Å²) in [6, 6.07) is 5.51. The number of nitrogens with one attached hydrogen (secondary N) is 1. The number of nitrogen functional groups attached to an aromatic ring is 1. The van der Waals surface area contributed by atoms with E-state index in [1.807, 2.05) is 6.92 Å². The third kappa shape index (κ3) is 4.48. The van der Waals surface area contributed by atoms with Gasteiger partial charge < -0.3 is 16.8 Å². The van der Waals surface area contributed by atoms with Gasteiger partial charge in [0.15, 0.2) is 5.78 Å². The highest BCUT2D eigenvalue weighted by atomic mass is 35.5. The largest absolute Gasteiger partial charge is 0.384 e. The summed E-state index contributed by atoms with van der Waals surface area (Å²) in [4.78, 5) is 27.9. The van der Waals surface area contributed by atoms with E-state index < -0.39 is 17.5 Å². The minimum Gasteiger partial charge on any atom is -0.384 e. The molecule has 1 fully saturated rings. The minimum absolute atomic E-state index is 0.0304. The second-order valence-corrected chi connectivity index (χ2v) is 7.59. The summed E-state index contributed by atoms with van der Waals surface area (Å²) < 4.78 is 15.4. The Labute approximate surface area is 167 Å². The number of pyridine rings is 1. The smallest absolute Gasteiger partial charge is 0.218 e. The van der Waals surface area contributed by atoms with E-state index in [9.17, 15) is 9.59 Å². The van der Waals surface area contributed by atoms with Crippen LogP contribution in [0.1, 0.15) is 53.7 Å². The van der Waals surface area contributed by atoms with Crippen LogP contribution in [0.3, 0.4) is 0 Å². The topological polar surface area (TPSA) is 111 Å². The van der Waals surface area contributed by atoms with E-state index in [1.54, 1.807) is 6.07 Å². The zero-order valence-electron chi connectivity index (χ0n) is 15.4. The van der Waals surface area contributed by atoms with Crippen LogP contribution >= 0.6 is 11.6 Å². The fourth-order valence-electron chi connectivity index (χ4n) is 3.28. The number of carbonyl (C=O) groups is 2. The van der Waals surface area contributed by atoms with Crippen LogP contribution in [0, 0.1) is 11.7 Å². The zero-order valence-corrected chi connectivity index (χ0v) is 16.2. The molecule has 1 amide bonds. The Bertz CT molecular complexity index is 900. The Morgan fingerprint density at radius 1 is 1.32 bits per heavy atom. The Balaban J connectivity index is 1.95. The predicted octanol–water partition coefficient (Wildman–Crippen LogP) is 2.99. The van der Waals surface area contributed by atoms with Crippen LogP contribution < -0.4 is 16.8 Å². The van der Waals surface area contributed by atoms with Gasteiger partial charge in [-0.3, -0.25) is 9.59 Å². The van der Waals surface area contributed by atoms with Gasteiger partial charge in [-0.25, -0.2) is 9.37 Å². The van der Waals surface area contributed by atoms with Crippen molar-refractivity contribution in [2.24, 2.45) is 11.7 Å². The number of aromatic nitrogens is 1. The number of anilines is 1. The molecule has 148 valence electrons. The first kappa shape index (κ1) is 20.2. The van der Waals surface area contributed by atoms with Gasteiger partial charge in [0.1, 0.15) is 11.6 Å². The SMILES string of the molecule is C[C@H](CC(N)=O)N[C@@H](c1ccc(Cl)c(C(=O)c2ccc(N)nc2)c1F)C1CC1. The van der Waals surface area contributed by atoms with Gasteiger partial charge in [-0.1, -0.05) is 17.7 Å². The molecule has 1 aromatic heterocycles. The van der Waals surface area contributed by atoms with Gasteiger partial charge in [-0.05, 0) is 43.9 Å². The van der Waals surface area contributed by atoms with Crippen LogP contribution in [0.25, 0.3) is 0 Å². The molecule has 6 nitrogen and oxygen atoms in total. The Hall–Kier alpha value is -2.51. The molecular formula is C20H22ClFN4O2. The number of nitrogens with zero attached hydrogens (tertiary/aromatic N) is 1. The molecule has 2 aromatic rings. The van der Waals surface area contributed by atoms with E-state index in [4.69, 9.17) is 23.1 Å². The number of nitrogens with two attached hydrogens (primary N) is 2. The summed E-state index contributed by atoms with van der Waals surface area (Å²) in [5, 5.41) is 3.31. The highest BCUT2D eigenvalue weighted by Crippen LogP contribution is 2.43. The third-order valence-electron chi connectivity index (χ3n) is 4.80. The standard InChI is InChI=1S/C20H22ClFN4O2/c1-10(8-16(24)27)26-19(11-2-3-11)13-5-6-14(21)17(18(13)22)20(28)12-4-7-15(23)25-9-12/h4-7,9-11,19,26H,2-3,8H2,1H3,(H2,23,25)(H2,24,27)/t10-,19-/m1/s1. The number of rotatable bonds is 8. The quantitative estimate of drug-likeness (QED) is 0.585. The maximum absolute atomic E-state index is 15.4. The second kappa shape index (κ2) is 8.24. The van der Waals surface area contributed by atoms with Crippen LogP contribution in [0.2, 0.25) is 5.02 Å². The number of halogens is 2. The summed E-state index contributed by atoms with van der Waals surface area (Å²) in [5.74, 6) is -1.16. The van der Waals surface area contributed by atoms with E-state index >= 15 is 4.39 Å². The van der Waals surface area contributed by atoms with Crippen LogP contribution in [-0.4, -0.2) is 22.7 Å². The van der Waals surface area contributed by atoms with E-state index in [0.717, 1.165) is 12.8 Å². The highest BCUT2D eigenvalue weighted by Gasteiger charge is 2.36. The summed E-state index contributed by atoms with van der Waals surface area (Å²) in [6.45, 7) is 1.82. The van der Waals surface area contributed by atoms with Crippen molar-refractivity contribution in [3.63, 3.8) is 0 Å². The van der Waals surface area contributed by atoms with Gasteiger partial charge >= 0.3 is 0 Å². The van der Waals surface area contributed by atoms with Gasteiger partial charge in [0.2, 0.25) is 5.91 Å². The van der Waals surface area contributed by atoms with Crippen molar-refractivity contribution >= 4 is 29.1 Å². The lowest BCUT2D eigenvalue weighted by molar-refractivity contribution is -0.118. The molecule has 1 aromatic carbocycles. The predicted molar refractivity (Wildman–Crippen MR) is 105 cm³/mol. The maximum atomic E-state index is 15.4. The zero-order chi connectivity index (χ0) is 20.4. The molecule has 1 saturated carbocycles. The monoisotopic (exact) mass is 404 g/mol. The van der Waals surface area contributed by atoms with Gasteiger partial charge in [0.25, 0.3) is 0 Å². The lowest BCUT2D eigenvalue weighted by atomic mass is 9.95. The Morgan fingerprint density at radius 3 is 2.61 bits per heavy atom. The van der Waals surface area contributed by atoms with Gasteiger partial charge in [0, 0.05) is 35.8 Å². The summed E-state index contributed by atoms with van der Waals surface area (Å²) in [5.41, 5.74) is 11.2. The van der Waals surface area contributed by atoms with E-state index in [0.29, 0.717) is 5.56 Å². The number of hydrogen-bond acceptors (Lipinski definition) is 5. The first-order chi connectivity index (χ1) is 13.3. The van der Waals surface area contributed by atoms with Crippen molar-refractivity contribution in [2.75, 3.05) is 5.73 Å². The molecule has 0 unspecified atom stereocenters. The molecule has 0 bridgehead atoms. The number of amides is 1. The molecule has 1 aliphatic carbocycles. The summed E-state index contributed by atoms with van der Waals surface area (Å²) >= 11 is 6.16. The number of hydrogen-bond donors (Lipinski definition) is 3. The Kier molecular flexibility index (Phi) is 5.96. The molecule has 1 heterocycles. The Morgan fingerprint density at radius 2 is 2.04 bits per heavy atom. The third-order valence-corrected chi connectivity index (χ3v) is 5.11. The molecular weight excluding hydrogens is 383 g/mol. The van der Waals surface area contributed by atoms with Crippen LogP contribution in [0.15, 0.2) is 30.5 Å². The van der Waals surface area contributed by atoms with Crippen molar-refractivity contribution < 1.29 is 14.0 Å². The van der Waals surface area contributed by atoms with Crippen LogP contribution in [0.5, 0.6) is 0 Å². The highest BCUT2D eigenvalue weighted by molar-refractivity contribution is 6.35. The normalized spacial score (nSPS) is 15.8. The number of ketones is 1.